The first-order chi connectivity index (χ1) is 13.0. The zero-order chi connectivity index (χ0) is 19.0. The predicted molar refractivity (Wildman–Crippen MR) is 101 cm³/mol. The van der Waals surface area contributed by atoms with Crippen molar-refractivity contribution < 1.29 is 13.2 Å². The molecule has 0 saturated carbocycles. The fourth-order valence-electron chi connectivity index (χ4n) is 3.13. The molecule has 0 bridgehead atoms. The summed E-state index contributed by atoms with van der Waals surface area (Å²) in [7, 11) is -3.69. The number of aryl methyl sites for hydroxylation is 1. The first kappa shape index (κ1) is 18.0. The van der Waals surface area contributed by atoms with Gasteiger partial charge in [0.15, 0.2) is 0 Å². The molecule has 3 heterocycles. The van der Waals surface area contributed by atoms with Gasteiger partial charge in [0, 0.05) is 37.8 Å². The Hall–Kier alpha value is -2.43. The van der Waals surface area contributed by atoms with Gasteiger partial charge in [0.2, 0.25) is 10.0 Å². The Balaban J connectivity index is 1.55. The van der Waals surface area contributed by atoms with E-state index in [4.69, 9.17) is 0 Å². The van der Waals surface area contributed by atoms with E-state index in [1.165, 1.54) is 4.31 Å². The van der Waals surface area contributed by atoms with Crippen molar-refractivity contribution in [3.05, 3.63) is 47.1 Å². The summed E-state index contributed by atoms with van der Waals surface area (Å²) in [5, 5.41) is 4.64. The first-order valence-electron chi connectivity index (χ1n) is 8.40. The SMILES string of the molecule is Cc1nnsc1C(=O)N1CCN(S(=O)(=O)c2cccc3cccnc23)CC1. The molecule has 0 N–H and O–H groups in total. The summed E-state index contributed by atoms with van der Waals surface area (Å²) >= 11 is 1.06. The number of hydrogen-bond acceptors (Lipinski definition) is 7. The highest BCUT2D eigenvalue weighted by atomic mass is 32.2. The highest BCUT2D eigenvalue weighted by molar-refractivity contribution is 7.89. The van der Waals surface area contributed by atoms with E-state index in [-0.39, 0.29) is 23.9 Å². The van der Waals surface area contributed by atoms with E-state index in [2.05, 4.69) is 14.6 Å². The number of piperazine rings is 1. The Kier molecular flexibility index (Phi) is 4.62. The van der Waals surface area contributed by atoms with Crippen LogP contribution in [0.25, 0.3) is 10.9 Å². The summed E-state index contributed by atoms with van der Waals surface area (Å²) in [6, 6.07) is 8.75. The van der Waals surface area contributed by atoms with E-state index in [1.54, 1.807) is 36.2 Å². The maximum absolute atomic E-state index is 13.1. The number of aromatic nitrogens is 3. The molecule has 1 aliphatic heterocycles. The van der Waals surface area contributed by atoms with Crippen LogP contribution in [0.3, 0.4) is 0 Å². The molecule has 8 nitrogen and oxygen atoms in total. The number of nitrogens with zero attached hydrogens (tertiary/aromatic N) is 5. The minimum atomic E-state index is -3.69. The number of benzene rings is 1. The minimum absolute atomic E-state index is 0.147. The highest BCUT2D eigenvalue weighted by Crippen LogP contribution is 2.25. The number of carbonyl (C=O) groups is 1. The van der Waals surface area contributed by atoms with E-state index in [9.17, 15) is 13.2 Å². The molecule has 1 saturated heterocycles. The van der Waals surface area contributed by atoms with Crippen molar-refractivity contribution in [3.63, 3.8) is 0 Å². The van der Waals surface area contributed by atoms with Crippen LogP contribution in [-0.2, 0) is 10.0 Å². The van der Waals surface area contributed by atoms with Gasteiger partial charge < -0.3 is 4.90 Å². The lowest BCUT2D eigenvalue weighted by molar-refractivity contribution is 0.0702. The van der Waals surface area contributed by atoms with Crippen LogP contribution in [0.2, 0.25) is 0 Å². The summed E-state index contributed by atoms with van der Waals surface area (Å²) in [5.41, 5.74) is 1.06. The third-order valence-corrected chi connectivity index (χ3v) is 7.33. The summed E-state index contributed by atoms with van der Waals surface area (Å²) in [4.78, 5) is 19.2. The number of pyridine rings is 1. The number of sulfonamides is 1. The Morgan fingerprint density at radius 2 is 1.85 bits per heavy atom. The van der Waals surface area contributed by atoms with Gasteiger partial charge in [0.1, 0.15) is 9.77 Å². The molecule has 140 valence electrons. The maximum atomic E-state index is 13.1. The zero-order valence-electron chi connectivity index (χ0n) is 14.6. The van der Waals surface area contributed by atoms with Gasteiger partial charge in [-0.3, -0.25) is 9.78 Å². The Bertz CT molecular complexity index is 1100. The lowest BCUT2D eigenvalue weighted by atomic mass is 10.2. The molecule has 1 aromatic carbocycles. The maximum Gasteiger partial charge on any atom is 0.267 e. The van der Waals surface area contributed by atoms with Crippen molar-refractivity contribution in [3.8, 4) is 0 Å². The summed E-state index contributed by atoms with van der Waals surface area (Å²) in [6.07, 6.45) is 1.59. The lowest BCUT2D eigenvalue weighted by Gasteiger charge is -2.33. The molecule has 0 spiro atoms. The number of rotatable bonds is 3. The third-order valence-electron chi connectivity index (χ3n) is 4.59. The van der Waals surface area contributed by atoms with Crippen LogP contribution >= 0.6 is 11.5 Å². The smallest absolute Gasteiger partial charge is 0.267 e. The van der Waals surface area contributed by atoms with Crippen molar-refractivity contribution in [1.29, 1.82) is 0 Å². The number of hydrogen-bond donors (Lipinski definition) is 0. The van der Waals surface area contributed by atoms with E-state index in [0.29, 0.717) is 29.2 Å². The Morgan fingerprint density at radius 3 is 2.56 bits per heavy atom. The quantitative estimate of drug-likeness (QED) is 0.658. The van der Waals surface area contributed by atoms with Gasteiger partial charge in [-0.05, 0) is 30.6 Å². The molecular weight excluding hydrogens is 386 g/mol. The topological polar surface area (TPSA) is 96.4 Å². The predicted octanol–water partition coefficient (Wildman–Crippen LogP) is 1.54. The normalized spacial score (nSPS) is 16.0. The molecule has 0 aliphatic carbocycles. The largest absolute Gasteiger partial charge is 0.335 e. The molecule has 10 heteroatoms. The fourth-order valence-corrected chi connectivity index (χ4v) is 5.34. The van der Waals surface area contributed by atoms with Gasteiger partial charge in [0.05, 0.1) is 11.2 Å². The van der Waals surface area contributed by atoms with E-state index < -0.39 is 10.0 Å². The van der Waals surface area contributed by atoms with E-state index in [1.807, 2.05) is 12.1 Å². The van der Waals surface area contributed by atoms with Gasteiger partial charge in [-0.15, -0.1) is 5.10 Å². The van der Waals surface area contributed by atoms with Crippen molar-refractivity contribution >= 4 is 38.4 Å². The average molecular weight is 403 g/mol. The number of carbonyl (C=O) groups excluding carboxylic acids is 1. The fraction of sp³-hybridized carbons (Fsp3) is 0.294. The van der Waals surface area contributed by atoms with Crippen molar-refractivity contribution in [2.24, 2.45) is 0 Å². The van der Waals surface area contributed by atoms with E-state index in [0.717, 1.165) is 16.9 Å². The highest BCUT2D eigenvalue weighted by Gasteiger charge is 2.32. The van der Waals surface area contributed by atoms with Crippen molar-refractivity contribution in [2.45, 2.75) is 11.8 Å². The molecule has 27 heavy (non-hydrogen) atoms. The van der Waals surface area contributed by atoms with Gasteiger partial charge in [0.25, 0.3) is 5.91 Å². The molecular formula is C17H17N5O3S2. The van der Waals surface area contributed by atoms with Crippen LogP contribution in [0.15, 0.2) is 41.4 Å². The van der Waals surface area contributed by atoms with Gasteiger partial charge in [-0.1, -0.05) is 22.7 Å². The van der Waals surface area contributed by atoms with Crippen molar-refractivity contribution in [2.75, 3.05) is 26.2 Å². The number of amides is 1. The summed E-state index contributed by atoms with van der Waals surface area (Å²) in [6.45, 7) is 2.87. The number of fused-ring (bicyclic) bond motifs is 1. The molecule has 3 aromatic rings. The Morgan fingerprint density at radius 1 is 1.11 bits per heavy atom. The standard InChI is InChI=1S/C17H17N5O3S2/c1-12-16(26-20-19-12)17(23)21-8-10-22(11-9-21)27(24,25)14-6-2-4-13-5-3-7-18-15(13)14/h2-7H,8-11H2,1H3. The van der Waals surface area contributed by atoms with Crippen LogP contribution in [-0.4, -0.2) is 64.3 Å². The van der Waals surface area contributed by atoms with Crippen LogP contribution in [0.5, 0.6) is 0 Å². The second-order valence-corrected chi connectivity index (χ2v) is 8.88. The molecule has 1 aliphatic rings. The lowest BCUT2D eigenvalue weighted by Crippen LogP contribution is -2.50. The van der Waals surface area contributed by atoms with E-state index >= 15 is 0 Å². The first-order valence-corrected chi connectivity index (χ1v) is 10.6. The van der Waals surface area contributed by atoms with Crippen LogP contribution in [0.4, 0.5) is 0 Å². The second kappa shape index (κ2) is 6.95. The monoisotopic (exact) mass is 403 g/mol. The zero-order valence-corrected chi connectivity index (χ0v) is 16.2. The molecule has 1 amide bonds. The molecule has 0 unspecified atom stereocenters. The van der Waals surface area contributed by atoms with Crippen molar-refractivity contribution in [1.82, 2.24) is 23.8 Å². The van der Waals surface area contributed by atoms with Crippen LogP contribution < -0.4 is 0 Å². The van der Waals surface area contributed by atoms with Gasteiger partial charge in [-0.2, -0.15) is 4.31 Å². The van der Waals surface area contributed by atoms with Crippen LogP contribution in [0, 0.1) is 6.92 Å². The molecule has 0 atom stereocenters. The van der Waals surface area contributed by atoms with Gasteiger partial charge >= 0.3 is 0 Å². The molecule has 0 radical (unpaired) electrons. The molecule has 2 aromatic heterocycles. The molecule has 1 fully saturated rings. The second-order valence-electron chi connectivity index (χ2n) is 6.22. The number of para-hydroxylation sites is 1. The third kappa shape index (κ3) is 3.20. The molecule has 4 rings (SSSR count). The Labute approximate surface area is 160 Å². The van der Waals surface area contributed by atoms with Crippen LogP contribution in [0.1, 0.15) is 15.4 Å². The average Bonchev–Trinajstić information content (AvgIpc) is 3.13. The van der Waals surface area contributed by atoms with Gasteiger partial charge in [-0.25, -0.2) is 8.42 Å². The summed E-state index contributed by atoms with van der Waals surface area (Å²) in [5.74, 6) is -0.147. The minimum Gasteiger partial charge on any atom is -0.335 e. The summed E-state index contributed by atoms with van der Waals surface area (Å²) < 4.78 is 31.5.